The minimum Gasteiger partial charge on any atom is -0.481 e. The molecule has 0 spiro atoms. The van der Waals surface area contributed by atoms with E-state index in [0.29, 0.717) is 12.8 Å². The Hall–Kier alpha value is -1.06. The lowest BCUT2D eigenvalue weighted by Gasteiger charge is -2.18. The van der Waals surface area contributed by atoms with Gasteiger partial charge in [-0.2, -0.15) is 0 Å². The Morgan fingerprint density at radius 2 is 0.625 bits per heavy atom. The largest absolute Gasteiger partial charge is 0.481 e. The van der Waals surface area contributed by atoms with E-state index in [-0.39, 0.29) is 12.1 Å². The molecule has 0 aromatic rings. The highest BCUT2D eigenvalue weighted by atomic mass is 16.5. The number of carboxylic acid groups (broad SMARTS) is 1. The first-order chi connectivity index (χ1) is 23.6. The SMILES string of the molecule is CCCCCCCCCCCCCCCCCCCC(=O)OC(CCCCCCCCCCC)CCCCCCCCCCCC(=O)O. The molecular formula is C44H86O4. The van der Waals surface area contributed by atoms with Crippen molar-refractivity contribution in [2.45, 2.75) is 270 Å². The molecule has 0 heterocycles. The number of rotatable bonds is 41. The van der Waals surface area contributed by atoms with Gasteiger partial charge in [-0.15, -0.1) is 0 Å². The molecule has 286 valence electrons. The van der Waals surface area contributed by atoms with E-state index in [0.717, 1.165) is 51.4 Å². The highest BCUT2D eigenvalue weighted by Crippen LogP contribution is 2.20. The summed E-state index contributed by atoms with van der Waals surface area (Å²) in [6.45, 7) is 4.57. The predicted molar refractivity (Wildman–Crippen MR) is 209 cm³/mol. The summed E-state index contributed by atoms with van der Waals surface area (Å²) in [5, 5.41) is 8.74. The van der Waals surface area contributed by atoms with Crippen molar-refractivity contribution >= 4 is 11.9 Å². The second-order valence-corrected chi connectivity index (χ2v) is 15.3. The summed E-state index contributed by atoms with van der Waals surface area (Å²) in [6.07, 6.45) is 48.6. The zero-order valence-electron chi connectivity index (χ0n) is 32.8. The van der Waals surface area contributed by atoms with Gasteiger partial charge in [0.2, 0.25) is 0 Å². The van der Waals surface area contributed by atoms with Crippen molar-refractivity contribution in [1.82, 2.24) is 0 Å². The van der Waals surface area contributed by atoms with E-state index in [1.165, 1.54) is 186 Å². The zero-order chi connectivity index (χ0) is 35.0. The van der Waals surface area contributed by atoms with Gasteiger partial charge >= 0.3 is 11.9 Å². The number of aliphatic carboxylic acids is 1. The van der Waals surface area contributed by atoms with Gasteiger partial charge in [-0.05, 0) is 38.5 Å². The molecule has 0 bridgehead atoms. The van der Waals surface area contributed by atoms with Crippen molar-refractivity contribution in [2.75, 3.05) is 0 Å². The third-order valence-electron chi connectivity index (χ3n) is 10.3. The molecule has 0 aliphatic carbocycles. The molecule has 0 radical (unpaired) electrons. The number of hydrogen-bond donors (Lipinski definition) is 1. The summed E-state index contributed by atoms with van der Waals surface area (Å²) in [4.78, 5) is 23.4. The van der Waals surface area contributed by atoms with Crippen LogP contribution in [-0.4, -0.2) is 23.1 Å². The Morgan fingerprint density at radius 1 is 0.375 bits per heavy atom. The number of carboxylic acids is 1. The summed E-state index contributed by atoms with van der Waals surface area (Å²) < 4.78 is 6.07. The van der Waals surface area contributed by atoms with Gasteiger partial charge in [-0.1, -0.05) is 213 Å². The standard InChI is InChI=1S/C44H86O4/c1-3-5-7-9-11-13-14-15-16-17-18-19-20-25-29-33-37-41-44(47)48-42(38-34-30-26-22-12-10-8-6-4-2)39-35-31-27-23-21-24-28-32-36-40-43(45)46/h42H,3-41H2,1-2H3,(H,45,46). The van der Waals surface area contributed by atoms with Crippen molar-refractivity contribution in [2.24, 2.45) is 0 Å². The highest BCUT2D eigenvalue weighted by molar-refractivity contribution is 5.69. The van der Waals surface area contributed by atoms with Crippen LogP contribution in [0.2, 0.25) is 0 Å². The molecule has 1 N–H and O–H groups in total. The lowest BCUT2D eigenvalue weighted by molar-refractivity contribution is -0.150. The summed E-state index contributed by atoms with van der Waals surface area (Å²) in [7, 11) is 0. The first kappa shape index (κ1) is 46.9. The van der Waals surface area contributed by atoms with Crippen molar-refractivity contribution < 1.29 is 19.4 Å². The van der Waals surface area contributed by atoms with E-state index in [1.54, 1.807) is 0 Å². The number of unbranched alkanes of at least 4 members (excludes halogenated alkanes) is 32. The lowest BCUT2D eigenvalue weighted by Crippen LogP contribution is -2.18. The van der Waals surface area contributed by atoms with Gasteiger partial charge in [-0.25, -0.2) is 0 Å². The normalized spacial score (nSPS) is 12.0. The Balaban J connectivity index is 3.95. The Bertz CT molecular complexity index is 648. The minimum atomic E-state index is -0.674. The van der Waals surface area contributed by atoms with Crippen LogP contribution in [0.5, 0.6) is 0 Å². The van der Waals surface area contributed by atoms with E-state index in [9.17, 15) is 9.59 Å². The quantitative estimate of drug-likeness (QED) is 0.0516. The fourth-order valence-electron chi connectivity index (χ4n) is 7.07. The van der Waals surface area contributed by atoms with Crippen molar-refractivity contribution in [1.29, 1.82) is 0 Å². The number of carbonyl (C=O) groups is 2. The first-order valence-corrected chi connectivity index (χ1v) is 22.0. The van der Waals surface area contributed by atoms with Crippen LogP contribution in [0.1, 0.15) is 264 Å². The van der Waals surface area contributed by atoms with Crippen LogP contribution in [0.15, 0.2) is 0 Å². The lowest BCUT2D eigenvalue weighted by atomic mass is 10.0. The molecule has 0 amide bonds. The Kier molecular flexibility index (Phi) is 39.5. The van der Waals surface area contributed by atoms with Crippen LogP contribution < -0.4 is 0 Å². The summed E-state index contributed by atoms with van der Waals surface area (Å²) in [5.74, 6) is -0.632. The number of esters is 1. The van der Waals surface area contributed by atoms with E-state index >= 15 is 0 Å². The molecule has 0 rings (SSSR count). The van der Waals surface area contributed by atoms with Crippen LogP contribution in [0.25, 0.3) is 0 Å². The predicted octanol–water partition coefficient (Wildman–Crippen LogP) is 15.2. The molecular weight excluding hydrogens is 592 g/mol. The van der Waals surface area contributed by atoms with E-state index < -0.39 is 5.97 Å². The first-order valence-electron chi connectivity index (χ1n) is 22.0. The van der Waals surface area contributed by atoms with Crippen molar-refractivity contribution in [3.05, 3.63) is 0 Å². The minimum absolute atomic E-state index is 0.0415. The molecule has 0 fully saturated rings. The van der Waals surface area contributed by atoms with Crippen LogP contribution in [0.3, 0.4) is 0 Å². The van der Waals surface area contributed by atoms with Crippen LogP contribution in [-0.2, 0) is 14.3 Å². The van der Waals surface area contributed by atoms with Crippen molar-refractivity contribution in [3.8, 4) is 0 Å². The molecule has 0 aliphatic heterocycles. The molecule has 48 heavy (non-hydrogen) atoms. The maximum atomic E-state index is 12.7. The smallest absolute Gasteiger partial charge is 0.306 e. The van der Waals surface area contributed by atoms with Gasteiger partial charge < -0.3 is 9.84 Å². The molecule has 0 aliphatic rings. The number of ether oxygens (including phenoxy) is 1. The zero-order valence-corrected chi connectivity index (χ0v) is 32.8. The van der Waals surface area contributed by atoms with E-state index in [1.807, 2.05) is 0 Å². The fraction of sp³-hybridized carbons (Fsp3) is 0.955. The number of carbonyl (C=O) groups excluding carboxylic acids is 1. The average molecular weight is 679 g/mol. The summed E-state index contributed by atoms with van der Waals surface area (Å²) in [5.41, 5.74) is 0. The van der Waals surface area contributed by atoms with Crippen LogP contribution in [0, 0.1) is 0 Å². The molecule has 0 saturated carbocycles. The molecule has 1 atom stereocenters. The molecule has 4 nitrogen and oxygen atoms in total. The molecule has 0 aromatic carbocycles. The Morgan fingerprint density at radius 3 is 0.917 bits per heavy atom. The number of hydrogen-bond acceptors (Lipinski definition) is 3. The molecule has 4 heteroatoms. The molecule has 0 saturated heterocycles. The van der Waals surface area contributed by atoms with Gasteiger partial charge in [-0.3, -0.25) is 9.59 Å². The summed E-state index contributed by atoms with van der Waals surface area (Å²) >= 11 is 0. The second-order valence-electron chi connectivity index (χ2n) is 15.3. The fourth-order valence-corrected chi connectivity index (χ4v) is 7.07. The van der Waals surface area contributed by atoms with E-state index in [4.69, 9.17) is 9.84 Å². The van der Waals surface area contributed by atoms with Gasteiger partial charge in [0.1, 0.15) is 6.10 Å². The van der Waals surface area contributed by atoms with Gasteiger partial charge in [0.25, 0.3) is 0 Å². The maximum absolute atomic E-state index is 12.7. The third-order valence-corrected chi connectivity index (χ3v) is 10.3. The molecule has 1 unspecified atom stereocenters. The second kappa shape index (κ2) is 40.4. The van der Waals surface area contributed by atoms with Crippen molar-refractivity contribution in [3.63, 3.8) is 0 Å². The maximum Gasteiger partial charge on any atom is 0.306 e. The van der Waals surface area contributed by atoms with Gasteiger partial charge in [0.05, 0.1) is 0 Å². The molecule has 0 aromatic heterocycles. The highest BCUT2D eigenvalue weighted by Gasteiger charge is 2.14. The average Bonchev–Trinajstić information content (AvgIpc) is 3.07. The van der Waals surface area contributed by atoms with Gasteiger partial charge in [0.15, 0.2) is 0 Å². The van der Waals surface area contributed by atoms with E-state index in [2.05, 4.69) is 13.8 Å². The van der Waals surface area contributed by atoms with Crippen LogP contribution >= 0.6 is 0 Å². The van der Waals surface area contributed by atoms with Gasteiger partial charge in [0, 0.05) is 12.8 Å². The summed E-state index contributed by atoms with van der Waals surface area (Å²) in [6, 6.07) is 0. The topological polar surface area (TPSA) is 63.6 Å². The Labute approximate surface area is 301 Å². The van der Waals surface area contributed by atoms with Crippen LogP contribution in [0.4, 0.5) is 0 Å². The monoisotopic (exact) mass is 679 g/mol. The third kappa shape index (κ3) is 39.4.